The van der Waals surface area contributed by atoms with Gasteiger partial charge in [-0.1, -0.05) is 0 Å². The van der Waals surface area contributed by atoms with Gasteiger partial charge in [0.05, 0.1) is 32.7 Å². The number of nitrogens with zero attached hydrogens (tertiary/aromatic N) is 6. The first kappa shape index (κ1) is 24.8. The number of piperidine rings is 1. The molecule has 4 rings (SSSR count). The zero-order chi connectivity index (χ0) is 25.0. The molecule has 1 amide bonds. The molecule has 0 saturated carbocycles. The summed E-state index contributed by atoms with van der Waals surface area (Å²) in [6.07, 6.45) is 3.46. The molecule has 0 bridgehead atoms. The van der Waals surface area contributed by atoms with Crippen LogP contribution in [-0.2, 0) is 9.47 Å². The molecule has 0 aliphatic carbocycles. The number of carbonyl (C=O) groups is 1. The molecular weight excluding hydrogens is 457 g/mol. The van der Waals surface area contributed by atoms with Crippen LogP contribution in [0.15, 0.2) is 12.4 Å². The lowest BCUT2D eigenvalue weighted by molar-refractivity contribution is 0.0206. The average Bonchev–Trinajstić information content (AvgIpc) is 2.84. The molecule has 2 saturated heterocycles. The number of halogens is 1. The Hall–Kier alpha value is -3.28. The van der Waals surface area contributed by atoms with Crippen LogP contribution < -0.4 is 15.0 Å². The molecule has 2 aromatic rings. The van der Waals surface area contributed by atoms with E-state index in [0.717, 1.165) is 25.2 Å². The Morgan fingerprint density at radius 3 is 2.54 bits per heavy atom. The quantitative estimate of drug-likeness (QED) is 0.672. The predicted molar refractivity (Wildman–Crippen MR) is 127 cm³/mol. The molecular formula is C23H32FN7O4. The highest BCUT2D eigenvalue weighted by molar-refractivity contribution is 5.76. The van der Waals surface area contributed by atoms with Gasteiger partial charge in [0.15, 0.2) is 11.6 Å². The van der Waals surface area contributed by atoms with Crippen molar-refractivity contribution in [3.05, 3.63) is 18.2 Å². The first-order valence-corrected chi connectivity index (χ1v) is 11.7. The van der Waals surface area contributed by atoms with Gasteiger partial charge in [-0.15, -0.1) is 0 Å². The second-order valence-corrected chi connectivity index (χ2v) is 9.49. The molecule has 2 aromatic heterocycles. The first-order chi connectivity index (χ1) is 16.7. The Morgan fingerprint density at radius 1 is 1.17 bits per heavy atom. The van der Waals surface area contributed by atoms with Crippen LogP contribution in [0, 0.1) is 5.82 Å². The molecule has 12 heteroatoms. The van der Waals surface area contributed by atoms with Crippen LogP contribution in [0.25, 0.3) is 11.4 Å². The highest BCUT2D eigenvalue weighted by Crippen LogP contribution is 2.35. The first-order valence-electron chi connectivity index (χ1n) is 11.7. The molecule has 2 fully saturated rings. The third-order valence-corrected chi connectivity index (χ3v) is 5.61. The van der Waals surface area contributed by atoms with Gasteiger partial charge in [0.2, 0.25) is 11.8 Å². The number of methoxy groups -OCH3 is 1. The van der Waals surface area contributed by atoms with Gasteiger partial charge in [-0.05, 0) is 33.6 Å². The molecule has 1 atom stereocenters. The van der Waals surface area contributed by atoms with Crippen molar-refractivity contribution in [3.8, 4) is 17.3 Å². The van der Waals surface area contributed by atoms with E-state index in [1.165, 1.54) is 7.11 Å². The van der Waals surface area contributed by atoms with Gasteiger partial charge in [-0.2, -0.15) is 9.97 Å². The Kier molecular flexibility index (Phi) is 7.48. The lowest BCUT2D eigenvalue weighted by atomic mass is 10.1. The van der Waals surface area contributed by atoms with E-state index in [1.54, 1.807) is 4.90 Å². The Labute approximate surface area is 204 Å². The van der Waals surface area contributed by atoms with Crippen LogP contribution in [0.2, 0.25) is 0 Å². The number of carbonyl (C=O) groups excluding carboxylic acids is 1. The third-order valence-electron chi connectivity index (χ3n) is 5.61. The van der Waals surface area contributed by atoms with Crippen molar-refractivity contribution in [2.45, 2.75) is 45.3 Å². The van der Waals surface area contributed by atoms with Crippen LogP contribution in [0.4, 0.5) is 21.0 Å². The van der Waals surface area contributed by atoms with Crippen molar-refractivity contribution in [2.75, 3.05) is 56.7 Å². The van der Waals surface area contributed by atoms with E-state index in [9.17, 15) is 9.18 Å². The van der Waals surface area contributed by atoms with Gasteiger partial charge in [0.1, 0.15) is 17.0 Å². The second kappa shape index (κ2) is 10.5. The van der Waals surface area contributed by atoms with Gasteiger partial charge in [-0.3, -0.25) is 0 Å². The summed E-state index contributed by atoms with van der Waals surface area (Å²) in [5.74, 6) is 0.905. The predicted octanol–water partition coefficient (Wildman–Crippen LogP) is 2.73. The lowest BCUT2D eigenvalue weighted by Crippen LogP contribution is -2.47. The van der Waals surface area contributed by atoms with E-state index in [1.807, 2.05) is 25.7 Å². The van der Waals surface area contributed by atoms with Crippen LogP contribution in [0.1, 0.15) is 33.6 Å². The normalized spacial score (nSPS) is 18.8. The van der Waals surface area contributed by atoms with Crippen LogP contribution in [-0.4, -0.2) is 89.1 Å². The van der Waals surface area contributed by atoms with Crippen molar-refractivity contribution >= 4 is 17.9 Å². The van der Waals surface area contributed by atoms with Crippen LogP contribution in [0.5, 0.6) is 5.88 Å². The summed E-state index contributed by atoms with van der Waals surface area (Å²) < 4.78 is 30.1. The molecule has 0 spiro atoms. The maximum atomic E-state index is 13.5. The summed E-state index contributed by atoms with van der Waals surface area (Å²) in [4.78, 5) is 34.0. The largest absolute Gasteiger partial charge is 0.480 e. The SMILES string of the molecule is COc1nc(N2CCOCC2)nc(NC2CCCN(C(=O)OC(C)(C)C)C2)c1-c1ncc(F)cn1. The topological polar surface area (TPSA) is 115 Å². The van der Waals surface area contributed by atoms with E-state index in [-0.39, 0.29) is 23.8 Å². The van der Waals surface area contributed by atoms with Gasteiger partial charge < -0.3 is 29.3 Å². The number of likely N-dealkylation sites (tertiary alicyclic amines) is 1. The van der Waals surface area contributed by atoms with Crippen LogP contribution >= 0.6 is 0 Å². The standard InChI is InChI=1S/C23H32FN7O4/c1-23(2,3)35-22(32)31-7-5-6-16(14-31)27-19-17(18-25-12-15(24)13-26-18)20(33-4)29-21(28-19)30-8-10-34-11-9-30/h12-13,16H,5-11,14H2,1-4H3,(H,27,28,29). The number of rotatable bonds is 5. The fourth-order valence-corrected chi connectivity index (χ4v) is 4.01. The maximum absolute atomic E-state index is 13.5. The maximum Gasteiger partial charge on any atom is 0.410 e. The smallest absolute Gasteiger partial charge is 0.410 e. The molecule has 1 unspecified atom stereocenters. The summed E-state index contributed by atoms with van der Waals surface area (Å²) >= 11 is 0. The van der Waals surface area contributed by atoms with Crippen molar-refractivity contribution in [1.82, 2.24) is 24.8 Å². The highest BCUT2D eigenvalue weighted by Gasteiger charge is 2.30. The number of anilines is 2. The average molecular weight is 490 g/mol. The number of amides is 1. The van der Waals surface area contributed by atoms with E-state index >= 15 is 0 Å². The molecule has 0 radical (unpaired) electrons. The molecule has 2 aliphatic rings. The molecule has 4 heterocycles. The third kappa shape index (κ3) is 6.24. The van der Waals surface area contributed by atoms with Gasteiger partial charge in [0.25, 0.3) is 0 Å². The summed E-state index contributed by atoms with van der Waals surface area (Å²) in [7, 11) is 1.51. The van der Waals surface area contributed by atoms with Crippen LogP contribution in [0.3, 0.4) is 0 Å². The number of aromatic nitrogens is 4. The Balaban J connectivity index is 1.65. The Morgan fingerprint density at radius 2 is 1.89 bits per heavy atom. The molecule has 2 aliphatic heterocycles. The number of morpholine rings is 1. The minimum absolute atomic E-state index is 0.104. The van der Waals surface area contributed by atoms with E-state index < -0.39 is 11.4 Å². The summed E-state index contributed by atoms with van der Waals surface area (Å²) in [6.45, 7) is 9.04. The Bertz CT molecular complexity index is 1030. The van der Waals surface area contributed by atoms with Gasteiger partial charge in [-0.25, -0.2) is 19.2 Å². The number of nitrogens with one attached hydrogen (secondary N) is 1. The van der Waals surface area contributed by atoms with Gasteiger partial charge in [0, 0.05) is 32.2 Å². The zero-order valence-corrected chi connectivity index (χ0v) is 20.6. The minimum Gasteiger partial charge on any atom is -0.480 e. The monoisotopic (exact) mass is 489 g/mol. The summed E-state index contributed by atoms with van der Waals surface area (Å²) in [5.41, 5.74) is -0.142. The zero-order valence-electron chi connectivity index (χ0n) is 20.6. The molecule has 1 N–H and O–H groups in total. The van der Waals surface area contributed by atoms with Crippen molar-refractivity contribution in [2.24, 2.45) is 0 Å². The summed E-state index contributed by atoms with van der Waals surface area (Å²) in [5, 5.41) is 3.45. The lowest BCUT2D eigenvalue weighted by Gasteiger charge is -2.35. The number of ether oxygens (including phenoxy) is 3. The fourth-order valence-electron chi connectivity index (χ4n) is 4.01. The van der Waals surface area contributed by atoms with Crippen molar-refractivity contribution in [1.29, 1.82) is 0 Å². The van der Waals surface area contributed by atoms with E-state index in [2.05, 4.69) is 20.3 Å². The molecule has 11 nitrogen and oxygen atoms in total. The molecule has 190 valence electrons. The molecule has 35 heavy (non-hydrogen) atoms. The minimum atomic E-state index is -0.572. The second-order valence-electron chi connectivity index (χ2n) is 9.49. The van der Waals surface area contributed by atoms with E-state index in [4.69, 9.17) is 19.2 Å². The van der Waals surface area contributed by atoms with Crippen molar-refractivity contribution < 1.29 is 23.4 Å². The van der Waals surface area contributed by atoms with E-state index in [0.29, 0.717) is 56.7 Å². The summed E-state index contributed by atoms with van der Waals surface area (Å²) in [6, 6.07) is -0.104. The number of hydrogen-bond acceptors (Lipinski definition) is 10. The van der Waals surface area contributed by atoms with Crippen molar-refractivity contribution in [3.63, 3.8) is 0 Å². The number of hydrogen-bond donors (Lipinski definition) is 1. The van der Waals surface area contributed by atoms with Gasteiger partial charge >= 0.3 is 6.09 Å². The fraction of sp³-hybridized carbons (Fsp3) is 0.609. The molecule has 0 aromatic carbocycles. The highest BCUT2D eigenvalue weighted by atomic mass is 19.1.